The summed E-state index contributed by atoms with van der Waals surface area (Å²) in [6.45, 7) is 12.9. The zero-order chi connectivity index (χ0) is 27.8. The molecule has 1 aromatic heterocycles. The summed E-state index contributed by atoms with van der Waals surface area (Å²) in [5, 5.41) is 5.38. The summed E-state index contributed by atoms with van der Waals surface area (Å²) in [6.07, 6.45) is 1.33. The Bertz CT molecular complexity index is 1090. The van der Waals surface area contributed by atoms with Gasteiger partial charge in [0.05, 0.1) is 18.8 Å². The zero-order valence-electron chi connectivity index (χ0n) is 22.5. The van der Waals surface area contributed by atoms with E-state index in [0.29, 0.717) is 28.3 Å². The number of hydrogen-bond acceptors (Lipinski definition) is 7. The van der Waals surface area contributed by atoms with Crippen LogP contribution < -0.4 is 10.6 Å². The number of imidazole rings is 1. The molecule has 2 aromatic rings. The van der Waals surface area contributed by atoms with Gasteiger partial charge < -0.3 is 28.9 Å². The first kappa shape index (κ1) is 30.5. The van der Waals surface area contributed by atoms with Crippen LogP contribution in [0.4, 0.5) is 15.3 Å². The van der Waals surface area contributed by atoms with E-state index in [1.165, 1.54) is 7.11 Å². The van der Waals surface area contributed by atoms with Crippen molar-refractivity contribution in [1.82, 2.24) is 14.9 Å². The average Bonchev–Trinajstić information content (AvgIpc) is 3.18. The molecule has 0 saturated heterocycles. The van der Waals surface area contributed by atoms with Crippen LogP contribution in [-0.2, 0) is 25.7 Å². The highest BCUT2D eigenvalue weighted by molar-refractivity contribution is 9.10. The fraction of sp³-hybridized carbons (Fsp3) is 0.520. The standard InChI is InChI=1S/C25H37BrN4O6Si/c1-25(2,3)36-24(33)29-20(10-11-31)22-28-21(15-30(22)16-35-12-13-37(5,6)7)18-9-8-17(14-19(18)26)27-23(32)34-4/h8-9,11,14-15,20H,10,12-13,16H2,1-7H3,(H,27,32)(H,29,33). The van der Waals surface area contributed by atoms with E-state index in [4.69, 9.17) is 14.5 Å². The number of carbonyl (C=O) groups is 3. The lowest BCUT2D eigenvalue weighted by molar-refractivity contribution is -0.108. The summed E-state index contributed by atoms with van der Waals surface area (Å²) in [5.41, 5.74) is 1.20. The molecule has 0 spiro atoms. The van der Waals surface area contributed by atoms with Crippen molar-refractivity contribution in [3.63, 3.8) is 0 Å². The number of aromatic nitrogens is 2. The second-order valence-electron chi connectivity index (χ2n) is 10.7. The normalized spacial score (nSPS) is 12.5. The van der Waals surface area contributed by atoms with Gasteiger partial charge in [0.1, 0.15) is 24.4 Å². The number of alkyl carbamates (subject to hydrolysis) is 1. The molecule has 0 radical (unpaired) electrons. The number of nitrogens with one attached hydrogen (secondary N) is 2. The average molecular weight is 598 g/mol. The Labute approximate surface area is 227 Å². The highest BCUT2D eigenvalue weighted by atomic mass is 79.9. The van der Waals surface area contributed by atoms with E-state index >= 15 is 0 Å². The molecule has 0 bridgehead atoms. The highest BCUT2D eigenvalue weighted by Gasteiger charge is 2.25. The van der Waals surface area contributed by atoms with E-state index in [2.05, 4.69) is 50.9 Å². The molecule has 1 unspecified atom stereocenters. The van der Waals surface area contributed by atoms with Crippen LogP contribution in [0.2, 0.25) is 25.7 Å². The molecule has 10 nitrogen and oxygen atoms in total. The van der Waals surface area contributed by atoms with Gasteiger partial charge in [0, 0.05) is 43.0 Å². The number of carbonyl (C=O) groups excluding carboxylic acids is 3. The second-order valence-corrected chi connectivity index (χ2v) is 17.2. The Balaban J connectivity index is 2.40. The van der Waals surface area contributed by atoms with Gasteiger partial charge in [-0.2, -0.15) is 0 Å². The van der Waals surface area contributed by atoms with Gasteiger partial charge in [-0.05, 0) is 45.0 Å². The van der Waals surface area contributed by atoms with E-state index < -0.39 is 31.9 Å². The lowest BCUT2D eigenvalue weighted by Crippen LogP contribution is -2.36. The fourth-order valence-corrected chi connectivity index (χ4v) is 4.57. The van der Waals surface area contributed by atoms with Gasteiger partial charge in [0.25, 0.3) is 0 Å². The maximum Gasteiger partial charge on any atom is 0.411 e. The molecule has 0 saturated carbocycles. The van der Waals surface area contributed by atoms with E-state index in [0.717, 1.165) is 17.9 Å². The molecule has 0 aliphatic heterocycles. The van der Waals surface area contributed by atoms with Crippen molar-refractivity contribution in [2.45, 2.75) is 71.3 Å². The molecular weight excluding hydrogens is 560 g/mol. The Hall–Kier alpha value is -2.70. The predicted molar refractivity (Wildman–Crippen MR) is 148 cm³/mol. The number of hydrogen-bond donors (Lipinski definition) is 2. The van der Waals surface area contributed by atoms with Gasteiger partial charge in [0.2, 0.25) is 0 Å². The van der Waals surface area contributed by atoms with E-state index in [9.17, 15) is 14.4 Å². The Kier molecular flexibility index (Phi) is 10.9. The van der Waals surface area contributed by atoms with E-state index in [-0.39, 0.29) is 13.2 Å². The number of benzene rings is 1. The monoisotopic (exact) mass is 596 g/mol. The van der Waals surface area contributed by atoms with Crippen LogP contribution in [-0.4, -0.2) is 55.4 Å². The van der Waals surface area contributed by atoms with Gasteiger partial charge in [-0.25, -0.2) is 14.6 Å². The number of nitrogens with zero attached hydrogens (tertiary/aromatic N) is 2. The minimum absolute atomic E-state index is 0.00770. The van der Waals surface area contributed by atoms with E-state index in [1.807, 2.05) is 6.20 Å². The summed E-state index contributed by atoms with van der Waals surface area (Å²) in [4.78, 5) is 40.3. The van der Waals surface area contributed by atoms with E-state index in [1.54, 1.807) is 43.5 Å². The van der Waals surface area contributed by atoms with Gasteiger partial charge in [-0.15, -0.1) is 0 Å². The topological polar surface area (TPSA) is 121 Å². The van der Waals surface area contributed by atoms with Crippen LogP contribution in [0.5, 0.6) is 0 Å². The molecule has 204 valence electrons. The maximum atomic E-state index is 12.5. The molecule has 1 heterocycles. The number of ether oxygens (including phenoxy) is 3. The SMILES string of the molecule is COC(=O)Nc1ccc(-c2cn(COCC[Si](C)(C)C)c(C(CC=O)NC(=O)OC(C)(C)C)n2)c(Br)c1. The number of aldehydes is 1. The number of anilines is 1. The minimum Gasteiger partial charge on any atom is -0.453 e. The molecule has 1 aromatic carbocycles. The van der Waals surface area contributed by atoms with Crippen molar-refractivity contribution in [3.05, 3.63) is 34.7 Å². The summed E-state index contributed by atoms with van der Waals surface area (Å²) in [7, 11) is 0.0135. The van der Waals surface area contributed by atoms with Crippen molar-refractivity contribution in [1.29, 1.82) is 0 Å². The first-order valence-corrected chi connectivity index (χ1v) is 16.5. The Morgan fingerprint density at radius 3 is 2.49 bits per heavy atom. The van der Waals surface area contributed by atoms with Gasteiger partial charge >= 0.3 is 12.2 Å². The van der Waals surface area contributed by atoms with Crippen LogP contribution in [0.25, 0.3) is 11.3 Å². The fourth-order valence-electron chi connectivity index (χ4n) is 3.23. The van der Waals surface area contributed by atoms with Crippen molar-refractivity contribution in [2.75, 3.05) is 19.0 Å². The van der Waals surface area contributed by atoms with Gasteiger partial charge in [-0.1, -0.05) is 35.6 Å². The van der Waals surface area contributed by atoms with Crippen LogP contribution in [0.1, 0.15) is 39.1 Å². The third-order valence-electron chi connectivity index (χ3n) is 5.05. The molecule has 0 aliphatic rings. The number of rotatable bonds is 11. The summed E-state index contributed by atoms with van der Waals surface area (Å²) in [6, 6.07) is 5.53. The molecule has 2 N–H and O–H groups in total. The first-order chi connectivity index (χ1) is 17.2. The zero-order valence-corrected chi connectivity index (χ0v) is 25.1. The van der Waals surface area contributed by atoms with Crippen LogP contribution in [0.15, 0.2) is 28.9 Å². The highest BCUT2D eigenvalue weighted by Crippen LogP contribution is 2.32. The molecular formula is C25H37BrN4O6Si. The third-order valence-corrected chi connectivity index (χ3v) is 7.41. The lowest BCUT2D eigenvalue weighted by atomic mass is 10.1. The number of amides is 2. The molecule has 12 heteroatoms. The van der Waals surface area contributed by atoms with Gasteiger partial charge in [0.15, 0.2) is 0 Å². The van der Waals surface area contributed by atoms with Crippen molar-refractivity contribution < 1.29 is 28.6 Å². The second kappa shape index (κ2) is 13.2. The number of methoxy groups -OCH3 is 1. The van der Waals surface area contributed by atoms with Gasteiger partial charge in [-0.3, -0.25) is 5.32 Å². The molecule has 37 heavy (non-hydrogen) atoms. The van der Waals surface area contributed by atoms with Crippen molar-refractivity contribution in [3.8, 4) is 11.3 Å². The summed E-state index contributed by atoms with van der Waals surface area (Å²) in [5.74, 6) is 0.463. The predicted octanol–water partition coefficient (Wildman–Crippen LogP) is 5.96. The third kappa shape index (κ3) is 10.3. The summed E-state index contributed by atoms with van der Waals surface area (Å²) < 4.78 is 18.5. The molecule has 1 atom stereocenters. The maximum absolute atomic E-state index is 12.5. The smallest absolute Gasteiger partial charge is 0.411 e. The quantitative estimate of drug-likeness (QED) is 0.186. The molecule has 0 aliphatic carbocycles. The number of halogens is 1. The molecule has 2 amide bonds. The van der Waals surface area contributed by atoms with Crippen molar-refractivity contribution >= 4 is 48.2 Å². The van der Waals surface area contributed by atoms with Crippen LogP contribution in [0.3, 0.4) is 0 Å². The summed E-state index contributed by atoms with van der Waals surface area (Å²) >= 11 is 3.54. The largest absolute Gasteiger partial charge is 0.453 e. The van der Waals surface area contributed by atoms with Crippen LogP contribution in [0, 0.1) is 0 Å². The Morgan fingerprint density at radius 1 is 1.22 bits per heavy atom. The Morgan fingerprint density at radius 2 is 1.92 bits per heavy atom. The minimum atomic E-state index is -1.28. The molecule has 0 fully saturated rings. The lowest BCUT2D eigenvalue weighted by Gasteiger charge is -2.23. The first-order valence-electron chi connectivity index (χ1n) is 12.0. The van der Waals surface area contributed by atoms with Crippen LogP contribution >= 0.6 is 15.9 Å². The van der Waals surface area contributed by atoms with Crippen molar-refractivity contribution in [2.24, 2.45) is 0 Å². The molecule has 2 rings (SSSR count).